The van der Waals surface area contributed by atoms with Crippen molar-refractivity contribution in [2.45, 2.75) is 17.9 Å². The maximum absolute atomic E-state index is 12.3. The molecule has 1 aromatic rings. The molecule has 10 heteroatoms. The van der Waals surface area contributed by atoms with Crippen LogP contribution in [0.15, 0.2) is 17.3 Å². The minimum absolute atomic E-state index is 0.0977. The highest BCUT2D eigenvalue weighted by Crippen LogP contribution is 2.19. The maximum atomic E-state index is 12.3. The molecular formula is C9H9ClN4O4S. The van der Waals surface area contributed by atoms with Gasteiger partial charge in [-0.05, 0) is 18.5 Å². The predicted molar refractivity (Wildman–Crippen MR) is 63.5 cm³/mol. The summed E-state index contributed by atoms with van der Waals surface area (Å²) in [5, 5.41) is 1.96. The Morgan fingerprint density at radius 1 is 1.37 bits per heavy atom. The normalized spacial score (nSPS) is 21.3. The fraction of sp³-hybridized carbons (Fsp3) is 0.333. The monoisotopic (exact) mass is 304 g/mol. The third-order valence-corrected chi connectivity index (χ3v) is 4.64. The van der Waals surface area contributed by atoms with E-state index < -0.39 is 34.4 Å². The molecule has 2 heterocycles. The van der Waals surface area contributed by atoms with E-state index in [0.717, 1.165) is 16.7 Å². The minimum atomic E-state index is -4.03. The molecule has 1 saturated heterocycles. The first kappa shape index (κ1) is 13.8. The number of carbonyl (C=O) groups excluding carboxylic acids is 2. The summed E-state index contributed by atoms with van der Waals surface area (Å²) in [6.07, 6.45) is 2.04. The molecule has 1 fully saturated rings. The average molecular weight is 305 g/mol. The first-order valence-electron chi connectivity index (χ1n) is 5.15. The van der Waals surface area contributed by atoms with Gasteiger partial charge in [0.2, 0.25) is 27.1 Å². The van der Waals surface area contributed by atoms with Crippen LogP contribution < -0.4 is 5.32 Å². The van der Waals surface area contributed by atoms with Crippen molar-refractivity contribution in [2.75, 3.05) is 6.54 Å². The molecule has 0 bridgehead atoms. The van der Waals surface area contributed by atoms with Crippen LogP contribution in [0, 0.1) is 0 Å². The van der Waals surface area contributed by atoms with E-state index in [2.05, 4.69) is 15.3 Å². The molecule has 1 aliphatic heterocycles. The van der Waals surface area contributed by atoms with E-state index in [1.807, 2.05) is 0 Å². The van der Waals surface area contributed by atoms with Crippen molar-refractivity contribution in [3.63, 3.8) is 0 Å². The summed E-state index contributed by atoms with van der Waals surface area (Å²) in [6, 6.07) is -0.988. The molecule has 2 rings (SSSR count). The molecule has 0 aromatic carbocycles. The zero-order valence-corrected chi connectivity index (χ0v) is 11.3. The van der Waals surface area contributed by atoms with Crippen LogP contribution in [-0.2, 0) is 19.6 Å². The summed E-state index contributed by atoms with van der Waals surface area (Å²) >= 11 is 5.47. The summed E-state index contributed by atoms with van der Waals surface area (Å²) in [5.74, 6) is -1.35. The van der Waals surface area contributed by atoms with Crippen molar-refractivity contribution in [1.82, 2.24) is 19.6 Å². The van der Waals surface area contributed by atoms with Crippen molar-refractivity contribution in [3.8, 4) is 0 Å². The molecule has 102 valence electrons. The van der Waals surface area contributed by atoms with Gasteiger partial charge in [0.25, 0.3) is 0 Å². The van der Waals surface area contributed by atoms with E-state index in [-0.39, 0.29) is 10.2 Å². The largest absolute Gasteiger partial charge is 0.294 e. The maximum Gasteiger partial charge on any atom is 0.247 e. The molecule has 0 saturated carbocycles. The van der Waals surface area contributed by atoms with Crippen LogP contribution in [0.25, 0.3) is 0 Å². The summed E-state index contributed by atoms with van der Waals surface area (Å²) < 4.78 is 25.3. The third kappa shape index (κ3) is 2.57. The number of carbonyl (C=O) groups is 2. The van der Waals surface area contributed by atoms with Crippen LogP contribution in [0.1, 0.15) is 6.92 Å². The third-order valence-electron chi connectivity index (χ3n) is 2.58. The van der Waals surface area contributed by atoms with E-state index in [1.165, 1.54) is 6.92 Å². The number of nitrogens with zero attached hydrogens (tertiary/aromatic N) is 3. The summed E-state index contributed by atoms with van der Waals surface area (Å²) in [4.78, 5) is 29.6. The lowest BCUT2D eigenvalue weighted by Gasteiger charge is -2.30. The van der Waals surface area contributed by atoms with Gasteiger partial charge in [-0.3, -0.25) is 14.9 Å². The summed E-state index contributed by atoms with van der Waals surface area (Å²) in [7, 11) is -4.03. The number of amides is 2. The Morgan fingerprint density at radius 2 is 1.95 bits per heavy atom. The van der Waals surface area contributed by atoms with Gasteiger partial charge < -0.3 is 0 Å². The van der Waals surface area contributed by atoms with Crippen LogP contribution in [-0.4, -0.2) is 47.1 Å². The van der Waals surface area contributed by atoms with Crippen molar-refractivity contribution in [2.24, 2.45) is 0 Å². The lowest BCUT2D eigenvalue weighted by Crippen LogP contribution is -2.58. The molecule has 1 aromatic heterocycles. The number of piperazine rings is 1. The van der Waals surface area contributed by atoms with E-state index in [0.29, 0.717) is 0 Å². The van der Waals surface area contributed by atoms with Crippen molar-refractivity contribution >= 4 is 33.4 Å². The number of rotatable bonds is 2. The number of hydrogen-bond acceptors (Lipinski definition) is 6. The second kappa shape index (κ2) is 4.83. The quantitative estimate of drug-likeness (QED) is 0.564. The van der Waals surface area contributed by atoms with Crippen LogP contribution >= 0.6 is 11.6 Å². The van der Waals surface area contributed by atoms with Crippen LogP contribution in [0.2, 0.25) is 5.28 Å². The highest BCUT2D eigenvalue weighted by molar-refractivity contribution is 7.89. The number of halogens is 1. The van der Waals surface area contributed by atoms with Crippen LogP contribution in [0.5, 0.6) is 0 Å². The molecule has 19 heavy (non-hydrogen) atoms. The Balaban J connectivity index is 2.41. The molecule has 0 radical (unpaired) electrons. The number of nitrogens with one attached hydrogen (secondary N) is 1. The molecule has 1 N–H and O–H groups in total. The lowest BCUT2D eigenvalue weighted by molar-refractivity contribution is -0.136. The van der Waals surface area contributed by atoms with Crippen molar-refractivity contribution < 1.29 is 18.0 Å². The number of imide groups is 1. The molecule has 1 aliphatic rings. The van der Waals surface area contributed by atoms with E-state index in [4.69, 9.17) is 11.6 Å². The highest BCUT2D eigenvalue weighted by Gasteiger charge is 2.39. The summed E-state index contributed by atoms with van der Waals surface area (Å²) in [5.41, 5.74) is 0. The van der Waals surface area contributed by atoms with Crippen LogP contribution in [0.3, 0.4) is 0 Å². The van der Waals surface area contributed by atoms with Gasteiger partial charge in [-0.2, -0.15) is 4.31 Å². The number of sulfonamides is 1. The summed E-state index contributed by atoms with van der Waals surface area (Å²) in [6.45, 7) is 0.952. The molecule has 2 amide bonds. The van der Waals surface area contributed by atoms with Crippen LogP contribution in [0.4, 0.5) is 0 Å². The predicted octanol–water partition coefficient (Wildman–Crippen LogP) is -0.834. The molecule has 1 unspecified atom stereocenters. The van der Waals surface area contributed by atoms with E-state index in [1.54, 1.807) is 0 Å². The first-order chi connectivity index (χ1) is 8.82. The highest BCUT2D eigenvalue weighted by atomic mass is 35.5. The molecule has 1 atom stereocenters. The minimum Gasteiger partial charge on any atom is -0.294 e. The topological polar surface area (TPSA) is 109 Å². The van der Waals surface area contributed by atoms with Gasteiger partial charge in [0.15, 0.2) is 0 Å². The Bertz CT molecular complexity index is 630. The van der Waals surface area contributed by atoms with Gasteiger partial charge in [0.05, 0.1) is 18.9 Å². The van der Waals surface area contributed by atoms with E-state index in [9.17, 15) is 18.0 Å². The zero-order valence-electron chi connectivity index (χ0n) is 9.70. The number of aromatic nitrogens is 2. The lowest BCUT2D eigenvalue weighted by atomic mass is 10.2. The number of hydrogen-bond donors (Lipinski definition) is 1. The molecule has 8 nitrogen and oxygen atoms in total. The Kier molecular flexibility index (Phi) is 3.52. The Labute approximate surface area is 113 Å². The fourth-order valence-corrected chi connectivity index (χ4v) is 3.09. The SMILES string of the molecule is CC1C(=O)NC(=O)CN1S(=O)(=O)c1cnc(Cl)nc1. The van der Waals surface area contributed by atoms with Crippen molar-refractivity contribution in [3.05, 3.63) is 17.7 Å². The van der Waals surface area contributed by atoms with Gasteiger partial charge in [-0.25, -0.2) is 18.4 Å². The van der Waals surface area contributed by atoms with Gasteiger partial charge in [0.1, 0.15) is 10.9 Å². The van der Waals surface area contributed by atoms with E-state index >= 15 is 0 Å². The van der Waals surface area contributed by atoms with Gasteiger partial charge in [0, 0.05) is 0 Å². The Morgan fingerprint density at radius 3 is 2.53 bits per heavy atom. The molecule has 0 aliphatic carbocycles. The first-order valence-corrected chi connectivity index (χ1v) is 6.97. The smallest absolute Gasteiger partial charge is 0.247 e. The molecule has 0 spiro atoms. The average Bonchev–Trinajstić information content (AvgIpc) is 2.34. The molecular weight excluding hydrogens is 296 g/mol. The van der Waals surface area contributed by atoms with Crippen molar-refractivity contribution in [1.29, 1.82) is 0 Å². The fourth-order valence-electron chi connectivity index (χ4n) is 1.55. The van der Waals surface area contributed by atoms with Gasteiger partial charge in [-0.15, -0.1) is 0 Å². The van der Waals surface area contributed by atoms with Gasteiger partial charge in [-0.1, -0.05) is 0 Å². The van der Waals surface area contributed by atoms with Gasteiger partial charge >= 0.3 is 0 Å². The standard InChI is InChI=1S/C9H9ClN4O4S/c1-5-8(16)13-7(15)4-14(5)19(17,18)6-2-11-9(10)12-3-6/h2-3,5H,4H2,1H3,(H,13,15,16). The zero-order chi connectivity index (χ0) is 14.2. The second-order valence-corrected chi connectivity index (χ2v) is 6.06. The Hall–Kier alpha value is -1.58. The second-order valence-electron chi connectivity index (χ2n) is 3.83.